The van der Waals surface area contributed by atoms with Gasteiger partial charge in [-0.3, -0.25) is 4.68 Å². The van der Waals surface area contributed by atoms with Gasteiger partial charge in [-0.05, 0) is 18.2 Å². The lowest BCUT2D eigenvalue weighted by Gasteiger charge is -1.83. The number of fused-ring (bicyclic) bond motifs is 1. The number of rotatable bonds is 2. The fourth-order valence-corrected chi connectivity index (χ4v) is 1.66. The summed E-state index contributed by atoms with van der Waals surface area (Å²) in [6.07, 6.45) is 7.49. The van der Waals surface area contributed by atoms with Crippen LogP contribution in [0.5, 0.6) is 0 Å². The Labute approximate surface area is 98.2 Å². The molecule has 0 saturated carbocycles. The van der Waals surface area contributed by atoms with Gasteiger partial charge in [-0.1, -0.05) is 12.1 Å². The Balaban J connectivity index is 1.92. The van der Waals surface area contributed by atoms with E-state index in [1.807, 2.05) is 49.7 Å². The van der Waals surface area contributed by atoms with Crippen LogP contribution in [-0.4, -0.2) is 14.8 Å². The summed E-state index contributed by atoms with van der Waals surface area (Å²) in [5.41, 5.74) is 2.70. The molecule has 0 atom stereocenters. The molecule has 0 unspecified atom stereocenters. The van der Waals surface area contributed by atoms with Gasteiger partial charge in [0.1, 0.15) is 5.52 Å². The molecule has 0 amide bonds. The molecule has 17 heavy (non-hydrogen) atoms. The highest BCUT2D eigenvalue weighted by molar-refractivity contribution is 5.75. The molecule has 0 radical (unpaired) electrons. The van der Waals surface area contributed by atoms with E-state index in [0.717, 1.165) is 16.7 Å². The minimum atomic E-state index is 0.607. The Bertz CT molecular complexity index is 646. The highest BCUT2D eigenvalue weighted by Gasteiger charge is 2.01. The summed E-state index contributed by atoms with van der Waals surface area (Å²) in [6.45, 7) is 0. The van der Waals surface area contributed by atoms with Crippen molar-refractivity contribution in [3.63, 3.8) is 0 Å². The zero-order valence-electron chi connectivity index (χ0n) is 9.37. The van der Waals surface area contributed by atoms with Crippen LogP contribution < -0.4 is 0 Å². The minimum absolute atomic E-state index is 0.607. The Kier molecular flexibility index (Phi) is 2.26. The Morgan fingerprint density at radius 3 is 2.88 bits per heavy atom. The highest BCUT2D eigenvalue weighted by Crippen LogP contribution is 2.16. The molecule has 3 aromatic rings. The molecule has 0 saturated heterocycles. The third-order valence-corrected chi connectivity index (χ3v) is 2.45. The van der Waals surface area contributed by atoms with E-state index >= 15 is 0 Å². The van der Waals surface area contributed by atoms with E-state index in [0.29, 0.717) is 5.89 Å². The lowest BCUT2D eigenvalue weighted by Crippen LogP contribution is -1.83. The smallest absolute Gasteiger partial charge is 0.220 e. The van der Waals surface area contributed by atoms with E-state index in [9.17, 15) is 0 Å². The molecule has 0 aliphatic rings. The van der Waals surface area contributed by atoms with Crippen LogP contribution >= 0.6 is 0 Å². The van der Waals surface area contributed by atoms with Gasteiger partial charge in [-0.25, -0.2) is 4.98 Å². The van der Waals surface area contributed by atoms with Crippen LogP contribution in [0, 0.1) is 0 Å². The van der Waals surface area contributed by atoms with Crippen LogP contribution in [0.2, 0.25) is 0 Å². The molecular weight excluding hydrogens is 214 g/mol. The van der Waals surface area contributed by atoms with Gasteiger partial charge >= 0.3 is 0 Å². The summed E-state index contributed by atoms with van der Waals surface area (Å²) in [5.74, 6) is 0.607. The average molecular weight is 225 g/mol. The number of aromatic nitrogens is 3. The summed E-state index contributed by atoms with van der Waals surface area (Å²) in [5, 5.41) is 4.09. The van der Waals surface area contributed by atoms with Gasteiger partial charge in [0.25, 0.3) is 0 Å². The van der Waals surface area contributed by atoms with Gasteiger partial charge in [-0.15, -0.1) is 0 Å². The number of benzene rings is 1. The molecule has 0 aliphatic heterocycles. The first-order chi connectivity index (χ1) is 8.31. The number of aryl methyl sites for hydroxylation is 1. The van der Waals surface area contributed by atoms with Gasteiger partial charge in [0, 0.05) is 24.9 Å². The van der Waals surface area contributed by atoms with Gasteiger partial charge in [0.05, 0.1) is 6.20 Å². The van der Waals surface area contributed by atoms with Crippen LogP contribution in [0.4, 0.5) is 0 Å². The fraction of sp³-hybridized carbons (Fsp3) is 0.0769. The van der Waals surface area contributed by atoms with Gasteiger partial charge in [0.2, 0.25) is 5.89 Å². The Hall–Kier alpha value is -2.36. The molecule has 0 aliphatic carbocycles. The van der Waals surface area contributed by atoms with Crippen LogP contribution in [-0.2, 0) is 7.05 Å². The molecule has 2 aromatic heterocycles. The van der Waals surface area contributed by atoms with Crippen molar-refractivity contribution in [1.82, 2.24) is 14.8 Å². The third-order valence-electron chi connectivity index (χ3n) is 2.45. The SMILES string of the molecule is Cn1cc(/C=C/c2nc3ccccc3o2)cn1. The maximum absolute atomic E-state index is 5.57. The topological polar surface area (TPSA) is 43.9 Å². The molecular formula is C13H11N3O. The lowest BCUT2D eigenvalue weighted by atomic mass is 10.3. The summed E-state index contributed by atoms with van der Waals surface area (Å²) < 4.78 is 7.33. The van der Waals surface area contributed by atoms with Crippen molar-refractivity contribution in [2.24, 2.45) is 7.05 Å². The predicted molar refractivity (Wildman–Crippen MR) is 66.1 cm³/mol. The van der Waals surface area contributed by atoms with E-state index in [1.54, 1.807) is 10.9 Å². The van der Waals surface area contributed by atoms with E-state index in [4.69, 9.17) is 4.42 Å². The Morgan fingerprint density at radius 2 is 2.12 bits per heavy atom. The fourth-order valence-electron chi connectivity index (χ4n) is 1.66. The maximum Gasteiger partial charge on any atom is 0.220 e. The average Bonchev–Trinajstić information content (AvgIpc) is 2.91. The second kappa shape index (κ2) is 3.90. The second-order valence-electron chi connectivity index (χ2n) is 3.80. The molecule has 2 heterocycles. The van der Waals surface area contributed by atoms with E-state index in [2.05, 4.69) is 10.1 Å². The third kappa shape index (κ3) is 1.97. The van der Waals surface area contributed by atoms with Gasteiger partial charge in [-0.2, -0.15) is 5.10 Å². The van der Waals surface area contributed by atoms with Crippen LogP contribution in [0.25, 0.3) is 23.3 Å². The summed E-state index contributed by atoms with van der Waals surface area (Å²) in [7, 11) is 1.89. The molecule has 0 fully saturated rings. The number of oxazole rings is 1. The molecule has 84 valence electrons. The van der Waals surface area contributed by atoms with Crippen LogP contribution in [0.1, 0.15) is 11.5 Å². The van der Waals surface area contributed by atoms with Crippen LogP contribution in [0.15, 0.2) is 41.1 Å². The summed E-state index contributed by atoms with van der Waals surface area (Å²) in [4.78, 5) is 4.35. The summed E-state index contributed by atoms with van der Waals surface area (Å²) in [6, 6.07) is 7.71. The molecule has 0 bridgehead atoms. The van der Waals surface area contributed by atoms with Crippen molar-refractivity contribution >= 4 is 23.3 Å². The molecule has 0 N–H and O–H groups in total. The number of nitrogens with zero attached hydrogens (tertiary/aromatic N) is 3. The van der Waals surface area contributed by atoms with Crippen molar-refractivity contribution < 1.29 is 4.42 Å². The molecule has 0 spiro atoms. The van der Waals surface area contributed by atoms with E-state index in [-0.39, 0.29) is 0 Å². The van der Waals surface area contributed by atoms with Crippen molar-refractivity contribution in [2.45, 2.75) is 0 Å². The Morgan fingerprint density at radius 1 is 1.24 bits per heavy atom. The standard InChI is InChI=1S/C13H11N3O/c1-16-9-10(8-14-16)6-7-13-15-11-4-2-3-5-12(11)17-13/h2-9H,1H3/b7-6+. The summed E-state index contributed by atoms with van der Waals surface area (Å²) >= 11 is 0. The van der Waals surface area contributed by atoms with E-state index in [1.165, 1.54) is 0 Å². The first-order valence-corrected chi connectivity index (χ1v) is 5.33. The maximum atomic E-state index is 5.57. The molecule has 1 aromatic carbocycles. The molecule has 4 heteroatoms. The first kappa shape index (κ1) is 9.84. The zero-order chi connectivity index (χ0) is 11.7. The zero-order valence-corrected chi connectivity index (χ0v) is 9.37. The minimum Gasteiger partial charge on any atom is -0.437 e. The number of para-hydroxylation sites is 2. The number of hydrogen-bond donors (Lipinski definition) is 0. The lowest BCUT2D eigenvalue weighted by molar-refractivity contribution is 0.590. The molecule has 4 nitrogen and oxygen atoms in total. The van der Waals surface area contributed by atoms with Crippen LogP contribution in [0.3, 0.4) is 0 Å². The predicted octanol–water partition coefficient (Wildman–Crippen LogP) is 2.73. The van der Waals surface area contributed by atoms with Gasteiger partial charge in [0.15, 0.2) is 5.58 Å². The first-order valence-electron chi connectivity index (χ1n) is 5.33. The quantitative estimate of drug-likeness (QED) is 0.673. The normalized spacial score (nSPS) is 11.6. The monoisotopic (exact) mass is 225 g/mol. The largest absolute Gasteiger partial charge is 0.437 e. The molecule has 3 rings (SSSR count). The van der Waals surface area contributed by atoms with Crippen molar-refractivity contribution in [2.75, 3.05) is 0 Å². The van der Waals surface area contributed by atoms with E-state index < -0.39 is 0 Å². The number of hydrogen-bond acceptors (Lipinski definition) is 3. The van der Waals surface area contributed by atoms with Crippen molar-refractivity contribution in [3.05, 3.63) is 48.1 Å². The van der Waals surface area contributed by atoms with Crippen molar-refractivity contribution in [3.8, 4) is 0 Å². The van der Waals surface area contributed by atoms with Gasteiger partial charge < -0.3 is 4.42 Å². The van der Waals surface area contributed by atoms with Crippen molar-refractivity contribution in [1.29, 1.82) is 0 Å². The highest BCUT2D eigenvalue weighted by atomic mass is 16.3. The second-order valence-corrected chi connectivity index (χ2v) is 3.80.